The van der Waals surface area contributed by atoms with E-state index in [9.17, 15) is 14.4 Å². The SMILES string of the molecule is CC(=O)c1cc(C(=O)N2CCC[C@H]2c2nc3ccc(C)cc3[nH]2)c(=O)[nH]c1C. The Morgan fingerprint density at radius 2 is 1.93 bits per heavy atom. The van der Waals surface area contributed by atoms with E-state index in [0.717, 1.165) is 35.3 Å². The smallest absolute Gasteiger partial charge is 0.261 e. The molecule has 1 aliphatic rings. The Hall–Kier alpha value is -3.22. The number of hydrogen-bond donors (Lipinski definition) is 2. The molecule has 0 unspecified atom stereocenters. The molecule has 1 fully saturated rings. The molecule has 0 aliphatic carbocycles. The zero-order chi connectivity index (χ0) is 20.0. The number of Topliss-reactive ketones (excluding diaryl/α,β-unsaturated/α-hetero) is 1. The second kappa shape index (κ2) is 6.74. The largest absolute Gasteiger partial charge is 0.340 e. The highest BCUT2D eigenvalue weighted by Gasteiger charge is 2.34. The van der Waals surface area contributed by atoms with Gasteiger partial charge in [0.1, 0.15) is 11.4 Å². The summed E-state index contributed by atoms with van der Waals surface area (Å²) < 4.78 is 0. The molecular formula is C21H22N4O3. The van der Waals surface area contributed by atoms with Crippen molar-refractivity contribution in [1.29, 1.82) is 0 Å². The lowest BCUT2D eigenvalue weighted by atomic mass is 10.1. The molecule has 0 saturated carbocycles. The quantitative estimate of drug-likeness (QED) is 0.684. The fraction of sp³-hybridized carbons (Fsp3) is 0.333. The Kier molecular flexibility index (Phi) is 4.37. The monoisotopic (exact) mass is 378 g/mol. The molecule has 0 radical (unpaired) electrons. The van der Waals surface area contributed by atoms with Crippen molar-refractivity contribution in [3.8, 4) is 0 Å². The minimum Gasteiger partial charge on any atom is -0.340 e. The zero-order valence-corrected chi connectivity index (χ0v) is 16.1. The molecule has 28 heavy (non-hydrogen) atoms. The van der Waals surface area contributed by atoms with Gasteiger partial charge in [-0.05, 0) is 57.4 Å². The van der Waals surface area contributed by atoms with Crippen LogP contribution >= 0.6 is 0 Å². The highest BCUT2D eigenvalue weighted by atomic mass is 16.2. The van der Waals surface area contributed by atoms with Crippen LogP contribution in [0, 0.1) is 13.8 Å². The van der Waals surface area contributed by atoms with Crippen LogP contribution in [0.4, 0.5) is 0 Å². The van der Waals surface area contributed by atoms with Gasteiger partial charge in [0.15, 0.2) is 5.78 Å². The number of carbonyl (C=O) groups is 2. The molecule has 4 rings (SSSR count). The third kappa shape index (κ3) is 3.02. The number of hydrogen-bond acceptors (Lipinski definition) is 4. The molecule has 1 aromatic carbocycles. The summed E-state index contributed by atoms with van der Waals surface area (Å²) in [4.78, 5) is 49.7. The number of aromatic amines is 2. The van der Waals surface area contributed by atoms with E-state index in [1.807, 2.05) is 25.1 Å². The number of likely N-dealkylation sites (tertiary alicyclic amines) is 1. The van der Waals surface area contributed by atoms with Crippen LogP contribution in [0.15, 0.2) is 29.1 Å². The van der Waals surface area contributed by atoms with Gasteiger partial charge in [-0.15, -0.1) is 0 Å². The first-order valence-corrected chi connectivity index (χ1v) is 9.37. The average molecular weight is 378 g/mol. The molecule has 2 N–H and O–H groups in total. The minimum atomic E-state index is -0.474. The first-order chi connectivity index (χ1) is 13.3. The van der Waals surface area contributed by atoms with Crippen LogP contribution in [0.5, 0.6) is 0 Å². The van der Waals surface area contributed by atoms with Crippen LogP contribution in [0.1, 0.15) is 63.6 Å². The fourth-order valence-corrected chi connectivity index (χ4v) is 3.90. The molecule has 3 heterocycles. The number of fused-ring (bicyclic) bond motifs is 1. The summed E-state index contributed by atoms with van der Waals surface area (Å²) in [5, 5.41) is 0. The number of pyridine rings is 1. The summed E-state index contributed by atoms with van der Waals surface area (Å²) in [6, 6.07) is 7.17. The van der Waals surface area contributed by atoms with Gasteiger partial charge in [-0.2, -0.15) is 0 Å². The van der Waals surface area contributed by atoms with Crippen LogP contribution in [0.3, 0.4) is 0 Å². The lowest BCUT2D eigenvalue weighted by Gasteiger charge is -2.23. The van der Waals surface area contributed by atoms with E-state index < -0.39 is 5.56 Å². The number of nitrogens with zero attached hydrogens (tertiary/aromatic N) is 2. The standard InChI is InChI=1S/C21H22N4O3/c1-11-6-7-16-17(9-11)24-19(23-16)18-5-4-8-25(18)21(28)15-10-14(13(3)26)12(2)22-20(15)27/h6-7,9-10,18H,4-5,8H2,1-3H3,(H,22,27)(H,23,24)/t18-/m0/s1. The van der Waals surface area contributed by atoms with Gasteiger partial charge in [0, 0.05) is 17.8 Å². The second-order valence-electron chi connectivity index (χ2n) is 7.41. The molecule has 1 aliphatic heterocycles. The predicted molar refractivity (Wildman–Crippen MR) is 106 cm³/mol. The van der Waals surface area contributed by atoms with Crippen molar-refractivity contribution in [2.24, 2.45) is 0 Å². The number of carbonyl (C=O) groups excluding carboxylic acids is 2. The van der Waals surface area contributed by atoms with Crippen LogP contribution in [0.25, 0.3) is 11.0 Å². The van der Waals surface area contributed by atoms with Gasteiger partial charge in [0.05, 0.1) is 17.1 Å². The van der Waals surface area contributed by atoms with Crippen molar-refractivity contribution < 1.29 is 9.59 Å². The van der Waals surface area contributed by atoms with E-state index in [4.69, 9.17) is 0 Å². The molecule has 2 aromatic heterocycles. The molecule has 144 valence electrons. The van der Waals surface area contributed by atoms with Crippen molar-refractivity contribution in [2.75, 3.05) is 6.54 Å². The van der Waals surface area contributed by atoms with E-state index in [2.05, 4.69) is 15.0 Å². The van der Waals surface area contributed by atoms with Crippen molar-refractivity contribution in [1.82, 2.24) is 19.9 Å². The number of ketones is 1. The van der Waals surface area contributed by atoms with Gasteiger partial charge in [-0.1, -0.05) is 6.07 Å². The molecular weight excluding hydrogens is 356 g/mol. The number of aryl methyl sites for hydroxylation is 2. The number of H-pyrrole nitrogens is 2. The summed E-state index contributed by atoms with van der Waals surface area (Å²) in [5.41, 5.74) is 3.27. The van der Waals surface area contributed by atoms with Crippen molar-refractivity contribution in [2.45, 2.75) is 39.7 Å². The van der Waals surface area contributed by atoms with Crippen LogP contribution < -0.4 is 5.56 Å². The summed E-state index contributed by atoms with van der Waals surface area (Å²) >= 11 is 0. The van der Waals surface area contributed by atoms with Gasteiger partial charge in [-0.25, -0.2) is 4.98 Å². The number of imidazole rings is 1. The Morgan fingerprint density at radius 1 is 1.14 bits per heavy atom. The summed E-state index contributed by atoms with van der Waals surface area (Å²) in [7, 11) is 0. The van der Waals surface area contributed by atoms with E-state index in [0.29, 0.717) is 17.8 Å². The Balaban J connectivity index is 1.71. The van der Waals surface area contributed by atoms with Crippen LogP contribution in [-0.4, -0.2) is 38.1 Å². The Morgan fingerprint density at radius 3 is 2.68 bits per heavy atom. The second-order valence-corrected chi connectivity index (χ2v) is 7.41. The lowest BCUT2D eigenvalue weighted by Crippen LogP contribution is -2.35. The number of nitrogens with one attached hydrogen (secondary N) is 2. The maximum Gasteiger partial charge on any atom is 0.261 e. The molecule has 7 heteroatoms. The molecule has 1 amide bonds. The zero-order valence-electron chi connectivity index (χ0n) is 16.1. The number of aromatic nitrogens is 3. The highest BCUT2D eigenvalue weighted by Crippen LogP contribution is 2.32. The van der Waals surface area contributed by atoms with E-state index in [1.165, 1.54) is 13.0 Å². The average Bonchev–Trinajstić information content (AvgIpc) is 3.26. The third-order valence-electron chi connectivity index (χ3n) is 5.33. The van der Waals surface area contributed by atoms with Gasteiger partial charge < -0.3 is 14.9 Å². The van der Waals surface area contributed by atoms with Crippen molar-refractivity contribution >= 4 is 22.7 Å². The van der Waals surface area contributed by atoms with Crippen LogP contribution in [0.2, 0.25) is 0 Å². The maximum atomic E-state index is 13.2. The fourth-order valence-electron chi connectivity index (χ4n) is 3.90. The molecule has 3 aromatic rings. The van der Waals surface area contributed by atoms with Gasteiger partial charge in [-0.3, -0.25) is 14.4 Å². The number of benzene rings is 1. The first-order valence-electron chi connectivity index (χ1n) is 9.37. The van der Waals surface area contributed by atoms with E-state index >= 15 is 0 Å². The Labute approximate surface area is 161 Å². The number of amides is 1. The van der Waals surface area contributed by atoms with Gasteiger partial charge >= 0.3 is 0 Å². The highest BCUT2D eigenvalue weighted by molar-refractivity contribution is 6.00. The molecule has 0 spiro atoms. The Bertz CT molecular complexity index is 1160. The first kappa shape index (κ1) is 18.2. The van der Waals surface area contributed by atoms with Gasteiger partial charge in [0.25, 0.3) is 11.5 Å². The van der Waals surface area contributed by atoms with Gasteiger partial charge in [0.2, 0.25) is 0 Å². The minimum absolute atomic E-state index is 0.00495. The van der Waals surface area contributed by atoms with Crippen LogP contribution in [-0.2, 0) is 0 Å². The summed E-state index contributed by atoms with van der Waals surface area (Å²) in [5.74, 6) is 0.165. The molecule has 7 nitrogen and oxygen atoms in total. The molecule has 1 saturated heterocycles. The van der Waals surface area contributed by atoms with Crippen molar-refractivity contribution in [3.63, 3.8) is 0 Å². The van der Waals surface area contributed by atoms with E-state index in [-0.39, 0.29) is 23.3 Å². The normalized spacial score (nSPS) is 16.7. The van der Waals surface area contributed by atoms with Crippen molar-refractivity contribution in [3.05, 3.63) is 62.8 Å². The lowest BCUT2D eigenvalue weighted by molar-refractivity contribution is 0.0728. The maximum absolute atomic E-state index is 13.2. The molecule has 1 atom stereocenters. The predicted octanol–water partition coefficient (Wildman–Crippen LogP) is 3.05. The third-order valence-corrected chi connectivity index (χ3v) is 5.33. The summed E-state index contributed by atoms with van der Waals surface area (Å²) in [6.07, 6.45) is 1.60. The summed E-state index contributed by atoms with van der Waals surface area (Å²) in [6.45, 7) is 5.63. The molecule has 0 bridgehead atoms. The number of rotatable bonds is 3. The topological polar surface area (TPSA) is 98.9 Å². The van der Waals surface area contributed by atoms with E-state index in [1.54, 1.807) is 11.8 Å².